The van der Waals surface area contributed by atoms with Gasteiger partial charge in [-0.3, -0.25) is 4.79 Å². The average molecular weight is 153 g/mol. The van der Waals surface area contributed by atoms with E-state index in [4.69, 9.17) is 5.26 Å². The number of rotatable bonds is 2. The third-order valence-corrected chi connectivity index (χ3v) is 1.78. The molecule has 1 heterocycles. The second-order valence-electron chi connectivity index (χ2n) is 2.55. The van der Waals surface area contributed by atoms with E-state index < -0.39 is 0 Å². The molecule has 0 bridgehead atoms. The van der Waals surface area contributed by atoms with Crippen LogP contribution in [-0.2, 0) is 4.79 Å². The molecule has 0 aromatic rings. The fourth-order valence-corrected chi connectivity index (χ4v) is 1.19. The predicted molar refractivity (Wildman–Crippen MR) is 39.4 cm³/mol. The van der Waals surface area contributed by atoms with Crippen molar-refractivity contribution in [2.24, 2.45) is 0 Å². The highest BCUT2D eigenvalue weighted by molar-refractivity contribution is 5.78. The van der Waals surface area contributed by atoms with Crippen LogP contribution in [0.2, 0.25) is 0 Å². The van der Waals surface area contributed by atoms with Crippen molar-refractivity contribution in [3.8, 4) is 6.19 Å². The minimum Gasteiger partial charge on any atom is -0.341 e. The molecule has 1 aliphatic heterocycles. The molecule has 1 fully saturated rings. The summed E-state index contributed by atoms with van der Waals surface area (Å²) in [5, 5.41) is 10.5. The molecule has 1 saturated heterocycles. The zero-order valence-electron chi connectivity index (χ0n) is 6.34. The molecular formula is C7H11N3O. The Morgan fingerprint density at radius 1 is 1.55 bits per heavy atom. The van der Waals surface area contributed by atoms with Crippen molar-refractivity contribution in [1.29, 1.82) is 5.26 Å². The maximum atomic E-state index is 11.1. The molecule has 0 spiro atoms. The van der Waals surface area contributed by atoms with Crippen molar-refractivity contribution < 1.29 is 4.79 Å². The summed E-state index contributed by atoms with van der Waals surface area (Å²) in [4.78, 5) is 12.9. The SMILES string of the molecule is N#CNCC(=O)N1CCCC1. The Morgan fingerprint density at radius 3 is 2.73 bits per heavy atom. The van der Waals surface area contributed by atoms with E-state index >= 15 is 0 Å². The number of nitrogens with zero attached hydrogens (tertiary/aromatic N) is 2. The molecule has 0 unspecified atom stereocenters. The van der Waals surface area contributed by atoms with Gasteiger partial charge in [-0.15, -0.1) is 0 Å². The lowest BCUT2D eigenvalue weighted by Crippen LogP contribution is -2.34. The maximum absolute atomic E-state index is 11.1. The Hall–Kier alpha value is -1.24. The second kappa shape index (κ2) is 3.81. The van der Waals surface area contributed by atoms with Gasteiger partial charge in [0.1, 0.15) is 6.54 Å². The van der Waals surface area contributed by atoms with E-state index in [2.05, 4.69) is 5.32 Å². The van der Waals surface area contributed by atoms with Gasteiger partial charge in [0.15, 0.2) is 6.19 Å². The first-order chi connectivity index (χ1) is 5.34. The van der Waals surface area contributed by atoms with Gasteiger partial charge in [-0.25, -0.2) is 0 Å². The summed E-state index contributed by atoms with van der Waals surface area (Å²) in [6, 6.07) is 0. The summed E-state index contributed by atoms with van der Waals surface area (Å²) >= 11 is 0. The predicted octanol–water partition coefficient (Wildman–Crippen LogP) is -0.321. The van der Waals surface area contributed by atoms with Crippen LogP contribution < -0.4 is 5.32 Å². The Bertz CT molecular complexity index is 179. The molecule has 1 aliphatic rings. The average Bonchev–Trinajstić information content (AvgIpc) is 2.52. The lowest BCUT2D eigenvalue weighted by atomic mass is 10.4. The van der Waals surface area contributed by atoms with Crippen LogP contribution in [0.3, 0.4) is 0 Å². The monoisotopic (exact) mass is 153 g/mol. The van der Waals surface area contributed by atoms with Gasteiger partial charge in [0.2, 0.25) is 5.91 Å². The molecule has 0 radical (unpaired) electrons. The van der Waals surface area contributed by atoms with Crippen molar-refractivity contribution in [2.75, 3.05) is 19.6 Å². The van der Waals surface area contributed by atoms with Gasteiger partial charge in [0.25, 0.3) is 0 Å². The van der Waals surface area contributed by atoms with Gasteiger partial charge in [0.05, 0.1) is 0 Å². The van der Waals surface area contributed by atoms with Gasteiger partial charge in [0, 0.05) is 13.1 Å². The van der Waals surface area contributed by atoms with Crippen molar-refractivity contribution >= 4 is 5.91 Å². The van der Waals surface area contributed by atoms with Crippen LogP contribution >= 0.6 is 0 Å². The second-order valence-corrected chi connectivity index (χ2v) is 2.55. The van der Waals surface area contributed by atoms with Crippen molar-refractivity contribution in [3.05, 3.63) is 0 Å². The zero-order valence-corrected chi connectivity index (χ0v) is 6.34. The third kappa shape index (κ3) is 2.11. The first kappa shape index (κ1) is 7.86. The van der Waals surface area contributed by atoms with E-state index in [9.17, 15) is 4.79 Å². The lowest BCUT2D eigenvalue weighted by molar-refractivity contribution is -0.128. The molecule has 0 atom stereocenters. The highest BCUT2D eigenvalue weighted by Crippen LogP contribution is 2.06. The minimum atomic E-state index is 0.0315. The van der Waals surface area contributed by atoms with Crippen molar-refractivity contribution in [2.45, 2.75) is 12.8 Å². The fourth-order valence-electron chi connectivity index (χ4n) is 1.19. The number of likely N-dealkylation sites (tertiary alicyclic amines) is 1. The van der Waals surface area contributed by atoms with Crippen LogP contribution in [0.1, 0.15) is 12.8 Å². The largest absolute Gasteiger partial charge is 0.341 e. The number of carbonyl (C=O) groups excluding carboxylic acids is 1. The minimum absolute atomic E-state index is 0.0315. The first-order valence-corrected chi connectivity index (χ1v) is 3.74. The maximum Gasteiger partial charge on any atom is 0.242 e. The molecule has 4 heteroatoms. The molecule has 60 valence electrons. The van der Waals surface area contributed by atoms with Crippen LogP contribution in [0.15, 0.2) is 0 Å². The van der Waals surface area contributed by atoms with Gasteiger partial charge in [-0.2, -0.15) is 5.26 Å². The molecule has 0 aliphatic carbocycles. The smallest absolute Gasteiger partial charge is 0.242 e. The molecule has 1 rings (SSSR count). The van der Waals surface area contributed by atoms with Crippen LogP contribution in [0, 0.1) is 11.5 Å². The van der Waals surface area contributed by atoms with Crippen LogP contribution in [0.25, 0.3) is 0 Å². The Kier molecular flexibility index (Phi) is 2.73. The zero-order chi connectivity index (χ0) is 8.10. The van der Waals surface area contributed by atoms with E-state index in [1.165, 1.54) is 0 Å². The first-order valence-electron chi connectivity index (χ1n) is 3.74. The third-order valence-electron chi connectivity index (χ3n) is 1.78. The van der Waals surface area contributed by atoms with Crippen LogP contribution in [0.4, 0.5) is 0 Å². The highest BCUT2D eigenvalue weighted by Gasteiger charge is 2.16. The molecule has 0 saturated carbocycles. The van der Waals surface area contributed by atoms with Crippen molar-refractivity contribution in [3.63, 3.8) is 0 Å². The Morgan fingerprint density at radius 2 is 2.18 bits per heavy atom. The van der Waals surface area contributed by atoms with Crippen LogP contribution in [-0.4, -0.2) is 30.4 Å². The summed E-state index contributed by atoms with van der Waals surface area (Å²) in [5.41, 5.74) is 0. The summed E-state index contributed by atoms with van der Waals surface area (Å²) in [6.45, 7) is 1.86. The number of hydrogen-bond donors (Lipinski definition) is 1. The molecular weight excluding hydrogens is 142 g/mol. The molecule has 11 heavy (non-hydrogen) atoms. The standard InChI is InChI=1S/C7H11N3O/c8-6-9-5-7(11)10-3-1-2-4-10/h9H,1-5H2. The normalized spacial score (nSPS) is 16.1. The molecule has 1 amide bonds. The number of nitriles is 1. The summed E-state index contributed by atoms with van der Waals surface area (Å²) < 4.78 is 0. The molecule has 1 N–H and O–H groups in total. The summed E-state index contributed by atoms with van der Waals surface area (Å²) in [6.07, 6.45) is 3.92. The van der Waals surface area contributed by atoms with Crippen molar-refractivity contribution in [1.82, 2.24) is 10.2 Å². The van der Waals surface area contributed by atoms with Crippen LogP contribution in [0.5, 0.6) is 0 Å². The number of nitrogens with one attached hydrogen (secondary N) is 1. The molecule has 4 nitrogen and oxygen atoms in total. The fraction of sp³-hybridized carbons (Fsp3) is 0.714. The van der Waals surface area contributed by atoms with E-state index in [1.54, 1.807) is 11.1 Å². The topological polar surface area (TPSA) is 56.1 Å². The van der Waals surface area contributed by atoms with E-state index in [0.717, 1.165) is 25.9 Å². The van der Waals surface area contributed by atoms with E-state index in [-0.39, 0.29) is 12.5 Å². The Balaban J connectivity index is 2.24. The van der Waals surface area contributed by atoms with Gasteiger partial charge in [-0.1, -0.05) is 0 Å². The molecule has 0 aromatic heterocycles. The van der Waals surface area contributed by atoms with Gasteiger partial charge >= 0.3 is 0 Å². The quantitative estimate of drug-likeness (QED) is 0.437. The van der Waals surface area contributed by atoms with Gasteiger partial charge < -0.3 is 10.2 Å². The summed E-state index contributed by atoms with van der Waals surface area (Å²) in [5.74, 6) is 0.0315. The van der Waals surface area contributed by atoms with E-state index in [1.807, 2.05) is 0 Å². The Labute approximate surface area is 65.8 Å². The number of carbonyl (C=O) groups is 1. The number of hydrogen-bond acceptors (Lipinski definition) is 3. The highest BCUT2D eigenvalue weighted by atomic mass is 16.2. The van der Waals surface area contributed by atoms with E-state index in [0.29, 0.717) is 0 Å². The summed E-state index contributed by atoms with van der Waals surface area (Å²) in [7, 11) is 0. The number of amides is 1. The van der Waals surface area contributed by atoms with Gasteiger partial charge in [-0.05, 0) is 12.8 Å². The molecule has 0 aromatic carbocycles. The lowest BCUT2D eigenvalue weighted by Gasteiger charge is -2.13.